The van der Waals surface area contributed by atoms with Gasteiger partial charge in [0.2, 0.25) is 0 Å². The van der Waals surface area contributed by atoms with Crippen LogP contribution in [0.2, 0.25) is 0 Å². The first kappa shape index (κ1) is 10.8. The third-order valence-corrected chi connectivity index (χ3v) is 2.97. The molecule has 1 heterocycles. The molecule has 3 aromatic rings. The molecule has 0 aliphatic heterocycles. The number of nitrogens with one attached hydrogen (secondary N) is 1. The average molecular weight is 240 g/mol. The smallest absolute Gasteiger partial charge is 0.303 e. The fraction of sp³-hybridized carbons (Fsp3) is 0.143. The predicted octanol–water partition coefficient (Wildman–Crippen LogP) is 2.73. The van der Waals surface area contributed by atoms with E-state index in [-0.39, 0.29) is 6.42 Å². The van der Waals surface area contributed by atoms with Gasteiger partial charge in [-0.15, -0.1) is 0 Å². The van der Waals surface area contributed by atoms with E-state index in [4.69, 9.17) is 5.11 Å². The van der Waals surface area contributed by atoms with Crippen molar-refractivity contribution in [3.63, 3.8) is 0 Å². The van der Waals surface area contributed by atoms with E-state index >= 15 is 0 Å². The van der Waals surface area contributed by atoms with Crippen molar-refractivity contribution in [1.29, 1.82) is 0 Å². The zero-order valence-electron chi connectivity index (χ0n) is 9.68. The minimum Gasteiger partial charge on any atom is -0.481 e. The van der Waals surface area contributed by atoms with E-state index in [0.29, 0.717) is 6.42 Å². The van der Waals surface area contributed by atoms with Crippen molar-refractivity contribution in [2.45, 2.75) is 12.8 Å². The highest BCUT2D eigenvalue weighted by molar-refractivity contribution is 5.95. The number of imidazole rings is 1. The summed E-state index contributed by atoms with van der Waals surface area (Å²) in [4.78, 5) is 18.1. The van der Waals surface area contributed by atoms with Crippen LogP contribution in [0.4, 0.5) is 0 Å². The van der Waals surface area contributed by atoms with Crippen LogP contribution in [0.1, 0.15) is 12.2 Å². The van der Waals surface area contributed by atoms with Gasteiger partial charge in [-0.2, -0.15) is 0 Å². The summed E-state index contributed by atoms with van der Waals surface area (Å²) in [5, 5.41) is 11.0. The number of hydrogen-bond acceptors (Lipinski definition) is 2. The van der Waals surface area contributed by atoms with Crippen LogP contribution < -0.4 is 0 Å². The van der Waals surface area contributed by atoms with E-state index in [1.807, 2.05) is 36.4 Å². The maximum absolute atomic E-state index is 10.5. The van der Waals surface area contributed by atoms with Gasteiger partial charge in [0, 0.05) is 6.42 Å². The van der Waals surface area contributed by atoms with Crippen LogP contribution >= 0.6 is 0 Å². The number of aryl methyl sites for hydroxylation is 1. The van der Waals surface area contributed by atoms with Crippen molar-refractivity contribution < 1.29 is 9.90 Å². The Morgan fingerprint density at radius 1 is 1.22 bits per heavy atom. The van der Waals surface area contributed by atoms with Crippen LogP contribution in [0, 0.1) is 0 Å². The second-order valence-electron chi connectivity index (χ2n) is 4.29. The van der Waals surface area contributed by atoms with Crippen LogP contribution in [0.3, 0.4) is 0 Å². The number of aliphatic carboxylic acids is 1. The first-order chi connectivity index (χ1) is 8.72. The fourth-order valence-electron chi connectivity index (χ4n) is 2.09. The van der Waals surface area contributed by atoms with Crippen LogP contribution in [0.25, 0.3) is 21.8 Å². The SMILES string of the molecule is O=C(O)CCc1nc2cc3ccccc3cc2[nH]1. The summed E-state index contributed by atoms with van der Waals surface area (Å²) >= 11 is 0. The lowest BCUT2D eigenvalue weighted by molar-refractivity contribution is -0.137. The molecule has 0 saturated carbocycles. The Labute approximate surface area is 103 Å². The molecular weight excluding hydrogens is 228 g/mol. The maximum Gasteiger partial charge on any atom is 0.303 e. The van der Waals surface area contributed by atoms with Gasteiger partial charge in [0.15, 0.2) is 0 Å². The lowest BCUT2D eigenvalue weighted by atomic mass is 10.1. The molecule has 90 valence electrons. The van der Waals surface area contributed by atoms with E-state index < -0.39 is 5.97 Å². The quantitative estimate of drug-likeness (QED) is 0.739. The van der Waals surface area contributed by atoms with Crippen molar-refractivity contribution >= 4 is 27.8 Å². The van der Waals surface area contributed by atoms with E-state index in [9.17, 15) is 4.79 Å². The van der Waals surface area contributed by atoms with Crippen molar-refractivity contribution in [2.75, 3.05) is 0 Å². The lowest BCUT2D eigenvalue weighted by Crippen LogP contribution is -1.98. The topological polar surface area (TPSA) is 66.0 Å². The summed E-state index contributed by atoms with van der Waals surface area (Å²) in [6, 6.07) is 12.1. The zero-order valence-corrected chi connectivity index (χ0v) is 9.68. The fourth-order valence-corrected chi connectivity index (χ4v) is 2.09. The molecule has 0 spiro atoms. The van der Waals surface area contributed by atoms with Gasteiger partial charge in [-0.05, 0) is 22.9 Å². The highest BCUT2D eigenvalue weighted by Crippen LogP contribution is 2.21. The minimum absolute atomic E-state index is 0.0966. The number of aromatic amines is 1. The Balaban J connectivity index is 2.05. The average Bonchev–Trinajstić information content (AvgIpc) is 2.75. The van der Waals surface area contributed by atoms with Crippen LogP contribution in [-0.2, 0) is 11.2 Å². The molecule has 0 aliphatic rings. The van der Waals surface area contributed by atoms with Gasteiger partial charge in [-0.3, -0.25) is 4.79 Å². The summed E-state index contributed by atoms with van der Waals surface area (Å²) < 4.78 is 0. The summed E-state index contributed by atoms with van der Waals surface area (Å²) in [5.74, 6) is -0.0803. The third kappa shape index (κ3) is 1.93. The van der Waals surface area contributed by atoms with Crippen LogP contribution in [0.5, 0.6) is 0 Å². The third-order valence-electron chi connectivity index (χ3n) is 2.97. The van der Waals surface area contributed by atoms with E-state index in [2.05, 4.69) is 9.97 Å². The zero-order chi connectivity index (χ0) is 12.5. The molecule has 0 atom stereocenters. The van der Waals surface area contributed by atoms with Gasteiger partial charge in [0.25, 0.3) is 0 Å². The van der Waals surface area contributed by atoms with Gasteiger partial charge in [-0.25, -0.2) is 4.98 Å². The molecule has 0 bridgehead atoms. The van der Waals surface area contributed by atoms with Gasteiger partial charge in [-0.1, -0.05) is 24.3 Å². The first-order valence-corrected chi connectivity index (χ1v) is 5.81. The standard InChI is InChI=1S/C14H12N2O2/c17-14(18)6-5-13-15-11-7-9-3-1-2-4-10(9)8-12(11)16-13/h1-4,7-8H,5-6H2,(H,15,16)(H,17,18). The van der Waals surface area contributed by atoms with E-state index in [1.54, 1.807) is 0 Å². The van der Waals surface area contributed by atoms with Crippen molar-refractivity contribution in [3.05, 3.63) is 42.2 Å². The Morgan fingerprint density at radius 3 is 2.67 bits per heavy atom. The largest absolute Gasteiger partial charge is 0.481 e. The molecule has 3 rings (SSSR count). The van der Waals surface area contributed by atoms with Gasteiger partial charge >= 0.3 is 5.97 Å². The maximum atomic E-state index is 10.5. The number of hydrogen-bond donors (Lipinski definition) is 2. The number of fused-ring (bicyclic) bond motifs is 2. The number of aromatic nitrogens is 2. The molecular formula is C14H12N2O2. The molecule has 0 radical (unpaired) electrons. The van der Waals surface area contributed by atoms with Crippen LogP contribution in [-0.4, -0.2) is 21.0 Å². The molecule has 0 fully saturated rings. The highest BCUT2D eigenvalue weighted by atomic mass is 16.4. The molecule has 1 aromatic heterocycles. The number of carboxylic acid groups (broad SMARTS) is 1. The summed E-state index contributed by atoms with van der Waals surface area (Å²) in [7, 11) is 0. The highest BCUT2D eigenvalue weighted by Gasteiger charge is 2.06. The number of H-pyrrole nitrogens is 1. The molecule has 0 unspecified atom stereocenters. The Bertz CT molecular complexity index is 678. The molecule has 2 N–H and O–H groups in total. The number of nitrogens with zero attached hydrogens (tertiary/aromatic N) is 1. The molecule has 18 heavy (non-hydrogen) atoms. The van der Waals surface area contributed by atoms with Gasteiger partial charge < -0.3 is 10.1 Å². The molecule has 4 nitrogen and oxygen atoms in total. The number of rotatable bonds is 3. The normalized spacial score (nSPS) is 11.1. The number of benzene rings is 2. The second kappa shape index (κ2) is 4.14. The monoisotopic (exact) mass is 240 g/mol. The summed E-state index contributed by atoms with van der Waals surface area (Å²) in [6.07, 6.45) is 0.527. The summed E-state index contributed by atoms with van der Waals surface area (Å²) in [6.45, 7) is 0. The molecule has 2 aromatic carbocycles. The number of carbonyl (C=O) groups is 1. The van der Waals surface area contributed by atoms with Crippen LogP contribution in [0.15, 0.2) is 36.4 Å². The summed E-state index contributed by atoms with van der Waals surface area (Å²) in [5.41, 5.74) is 1.84. The number of carboxylic acids is 1. The molecule has 4 heteroatoms. The van der Waals surface area contributed by atoms with E-state index in [1.165, 1.54) is 0 Å². The van der Waals surface area contributed by atoms with E-state index in [0.717, 1.165) is 27.6 Å². The second-order valence-corrected chi connectivity index (χ2v) is 4.29. The Morgan fingerprint density at radius 2 is 1.94 bits per heavy atom. The van der Waals surface area contributed by atoms with Crippen molar-refractivity contribution in [1.82, 2.24) is 9.97 Å². The first-order valence-electron chi connectivity index (χ1n) is 5.81. The van der Waals surface area contributed by atoms with Gasteiger partial charge in [0.05, 0.1) is 17.5 Å². The lowest BCUT2D eigenvalue weighted by Gasteiger charge is -1.95. The molecule has 0 amide bonds. The Kier molecular flexibility index (Phi) is 2.48. The van der Waals surface area contributed by atoms with Crippen molar-refractivity contribution in [2.24, 2.45) is 0 Å². The molecule has 0 aliphatic carbocycles. The van der Waals surface area contributed by atoms with Crippen molar-refractivity contribution in [3.8, 4) is 0 Å². The Hall–Kier alpha value is -2.36. The molecule has 0 saturated heterocycles. The van der Waals surface area contributed by atoms with Gasteiger partial charge in [0.1, 0.15) is 5.82 Å². The predicted molar refractivity (Wildman–Crippen MR) is 69.6 cm³/mol. The minimum atomic E-state index is -0.805.